The Kier molecular flexibility index (Phi) is 7.53. The van der Waals surface area contributed by atoms with Gasteiger partial charge in [0, 0.05) is 19.1 Å². The van der Waals surface area contributed by atoms with Gasteiger partial charge in [-0.2, -0.15) is 0 Å². The molecule has 1 aromatic rings. The normalized spacial score (nSPS) is 11.3. The number of nitrogens with one attached hydrogen (secondary N) is 1. The van der Waals surface area contributed by atoms with E-state index in [0.29, 0.717) is 6.04 Å². The first kappa shape index (κ1) is 16.0. The van der Waals surface area contributed by atoms with Crippen LogP contribution < -0.4 is 10.1 Å². The minimum Gasteiger partial charge on any atom is -0.492 e. The summed E-state index contributed by atoms with van der Waals surface area (Å²) in [5.41, 5.74) is 1.27. The molecule has 0 spiro atoms. The van der Waals surface area contributed by atoms with Crippen molar-refractivity contribution in [2.24, 2.45) is 0 Å². The van der Waals surface area contributed by atoms with E-state index in [1.54, 1.807) is 0 Å². The van der Waals surface area contributed by atoms with E-state index in [0.717, 1.165) is 38.5 Å². The highest BCUT2D eigenvalue weighted by Crippen LogP contribution is 2.13. The monoisotopic (exact) mass is 264 g/mol. The zero-order valence-corrected chi connectivity index (χ0v) is 12.8. The van der Waals surface area contributed by atoms with Crippen molar-refractivity contribution < 1.29 is 4.74 Å². The summed E-state index contributed by atoms with van der Waals surface area (Å²) in [6.07, 6.45) is 0. The smallest absolute Gasteiger partial charge is 0.119 e. The Morgan fingerprint density at radius 2 is 1.95 bits per heavy atom. The average Bonchev–Trinajstić information content (AvgIpc) is 2.42. The summed E-state index contributed by atoms with van der Waals surface area (Å²) < 4.78 is 5.82. The van der Waals surface area contributed by atoms with Gasteiger partial charge in [0.1, 0.15) is 12.4 Å². The first-order valence-electron chi connectivity index (χ1n) is 7.33. The Hall–Kier alpha value is -1.06. The van der Waals surface area contributed by atoms with Crippen molar-refractivity contribution in [1.29, 1.82) is 0 Å². The molecule has 0 aliphatic carbocycles. The van der Waals surface area contributed by atoms with Gasteiger partial charge in [0.15, 0.2) is 0 Å². The lowest BCUT2D eigenvalue weighted by Crippen LogP contribution is -2.27. The summed E-state index contributed by atoms with van der Waals surface area (Å²) in [6, 6.07) is 8.85. The Morgan fingerprint density at radius 1 is 1.21 bits per heavy atom. The molecule has 108 valence electrons. The highest BCUT2D eigenvalue weighted by atomic mass is 16.5. The number of likely N-dealkylation sites (N-methyl/N-ethyl adjacent to an activating group) is 1. The summed E-state index contributed by atoms with van der Waals surface area (Å²) in [5.74, 6) is 0.968. The molecule has 1 N–H and O–H groups in total. The van der Waals surface area contributed by atoms with Crippen LogP contribution >= 0.6 is 0 Å². The standard InChI is InChI=1S/C16H28N2O/c1-5-18(6-2)10-11-19-16-9-7-8-15(12-16)13-17-14(3)4/h7-9,12,14,17H,5-6,10-11,13H2,1-4H3. The summed E-state index contributed by atoms with van der Waals surface area (Å²) >= 11 is 0. The number of rotatable bonds is 9. The molecular weight excluding hydrogens is 236 g/mol. The third-order valence-corrected chi connectivity index (χ3v) is 3.18. The third-order valence-electron chi connectivity index (χ3n) is 3.18. The van der Waals surface area contributed by atoms with Crippen LogP contribution in [0.25, 0.3) is 0 Å². The number of ether oxygens (including phenoxy) is 1. The SMILES string of the molecule is CCN(CC)CCOc1cccc(CNC(C)C)c1. The lowest BCUT2D eigenvalue weighted by molar-refractivity contribution is 0.222. The van der Waals surface area contributed by atoms with Crippen LogP contribution in [-0.2, 0) is 6.54 Å². The molecule has 0 bridgehead atoms. The second-order valence-corrected chi connectivity index (χ2v) is 5.06. The van der Waals surface area contributed by atoms with Crippen LogP contribution in [0, 0.1) is 0 Å². The molecule has 0 aliphatic rings. The van der Waals surface area contributed by atoms with Crippen LogP contribution in [0.5, 0.6) is 5.75 Å². The van der Waals surface area contributed by atoms with Crippen molar-refractivity contribution in [1.82, 2.24) is 10.2 Å². The molecule has 1 rings (SSSR count). The van der Waals surface area contributed by atoms with Gasteiger partial charge in [-0.25, -0.2) is 0 Å². The van der Waals surface area contributed by atoms with Crippen molar-refractivity contribution in [2.45, 2.75) is 40.3 Å². The first-order chi connectivity index (χ1) is 9.15. The highest BCUT2D eigenvalue weighted by molar-refractivity contribution is 5.28. The maximum atomic E-state index is 5.82. The summed E-state index contributed by atoms with van der Waals surface area (Å²) in [5, 5.41) is 3.42. The molecule has 19 heavy (non-hydrogen) atoms. The van der Waals surface area contributed by atoms with Crippen LogP contribution in [0.15, 0.2) is 24.3 Å². The van der Waals surface area contributed by atoms with Gasteiger partial charge < -0.3 is 15.0 Å². The minimum absolute atomic E-state index is 0.507. The Balaban J connectivity index is 2.39. The molecule has 3 heteroatoms. The molecule has 0 heterocycles. The first-order valence-corrected chi connectivity index (χ1v) is 7.33. The third kappa shape index (κ3) is 6.60. The van der Waals surface area contributed by atoms with Crippen molar-refractivity contribution in [3.05, 3.63) is 29.8 Å². The van der Waals surface area contributed by atoms with Crippen LogP contribution in [0.3, 0.4) is 0 Å². The van der Waals surface area contributed by atoms with Gasteiger partial charge in [-0.3, -0.25) is 0 Å². The molecule has 3 nitrogen and oxygen atoms in total. The molecule has 0 fully saturated rings. The van der Waals surface area contributed by atoms with Gasteiger partial charge in [-0.1, -0.05) is 39.8 Å². The number of hydrogen-bond acceptors (Lipinski definition) is 3. The van der Waals surface area contributed by atoms with Gasteiger partial charge in [0.2, 0.25) is 0 Å². The molecule has 0 saturated heterocycles. The predicted octanol–water partition coefficient (Wildman–Crippen LogP) is 2.91. The number of benzene rings is 1. The van der Waals surface area contributed by atoms with Gasteiger partial charge in [-0.15, -0.1) is 0 Å². The number of hydrogen-bond donors (Lipinski definition) is 1. The fraction of sp³-hybridized carbons (Fsp3) is 0.625. The maximum absolute atomic E-state index is 5.82. The molecule has 0 aliphatic heterocycles. The van der Waals surface area contributed by atoms with E-state index in [2.05, 4.69) is 56.1 Å². The fourth-order valence-corrected chi connectivity index (χ4v) is 1.90. The van der Waals surface area contributed by atoms with Crippen LogP contribution in [0.1, 0.15) is 33.3 Å². The molecule has 1 aromatic carbocycles. The average molecular weight is 264 g/mol. The molecule has 0 atom stereocenters. The Morgan fingerprint density at radius 3 is 2.58 bits per heavy atom. The van der Waals surface area contributed by atoms with Crippen molar-refractivity contribution in [3.63, 3.8) is 0 Å². The van der Waals surface area contributed by atoms with Crippen molar-refractivity contribution in [2.75, 3.05) is 26.2 Å². The zero-order chi connectivity index (χ0) is 14.1. The quantitative estimate of drug-likeness (QED) is 0.742. The van der Waals surface area contributed by atoms with Gasteiger partial charge in [0.05, 0.1) is 0 Å². The molecule has 0 aromatic heterocycles. The molecular formula is C16H28N2O. The van der Waals surface area contributed by atoms with Crippen LogP contribution in [0.4, 0.5) is 0 Å². The minimum atomic E-state index is 0.507. The lowest BCUT2D eigenvalue weighted by atomic mass is 10.2. The maximum Gasteiger partial charge on any atom is 0.119 e. The van der Waals surface area contributed by atoms with E-state index in [-0.39, 0.29) is 0 Å². The lowest BCUT2D eigenvalue weighted by Gasteiger charge is -2.18. The van der Waals surface area contributed by atoms with Crippen molar-refractivity contribution in [3.8, 4) is 5.75 Å². The summed E-state index contributed by atoms with van der Waals surface area (Å²) in [4.78, 5) is 2.37. The highest BCUT2D eigenvalue weighted by Gasteiger charge is 2.01. The second-order valence-electron chi connectivity index (χ2n) is 5.06. The molecule has 0 saturated carbocycles. The van der Waals surface area contributed by atoms with E-state index >= 15 is 0 Å². The molecule has 0 unspecified atom stereocenters. The summed E-state index contributed by atoms with van der Waals surface area (Å²) in [6.45, 7) is 13.5. The Labute approximate surface area is 118 Å². The topological polar surface area (TPSA) is 24.5 Å². The van der Waals surface area contributed by atoms with Gasteiger partial charge in [-0.05, 0) is 30.8 Å². The van der Waals surface area contributed by atoms with E-state index in [1.807, 2.05) is 6.07 Å². The van der Waals surface area contributed by atoms with Gasteiger partial charge >= 0.3 is 0 Å². The van der Waals surface area contributed by atoms with Gasteiger partial charge in [0.25, 0.3) is 0 Å². The van der Waals surface area contributed by atoms with Crippen LogP contribution in [-0.4, -0.2) is 37.2 Å². The van der Waals surface area contributed by atoms with E-state index in [4.69, 9.17) is 4.74 Å². The van der Waals surface area contributed by atoms with E-state index in [1.165, 1.54) is 5.56 Å². The van der Waals surface area contributed by atoms with E-state index in [9.17, 15) is 0 Å². The second kappa shape index (κ2) is 8.94. The fourth-order valence-electron chi connectivity index (χ4n) is 1.90. The Bertz CT molecular complexity index is 348. The van der Waals surface area contributed by atoms with Crippen molar-refractivity contribution >= 4 is 0 Å². The largest absolute Gasteiger partial charge is 0.492 e. The van der Waals surface area contributed by atoms with E-state index < -0.39 is 0 Å². The van der Waals surface area contributed by atoms with Crippen LogP contribution in [0.2, 0.25) is 0 Å². The number of nitrogens with zero attached hydrogens (tertiary/aromatic N) is 1. The predicted molar refractivity (Wildman–Crippen MR) is 81.7 cm³/mol. The molecule has 0 radical (unpaired) electrons. The molecule has 0 amide bonds. The summed E-state index contributed by atoms with van der Waals surface area (Å²) in [7, 11) is 0. The zero-order valence-electron chi connectivity index (χ0n) is 12.8.